The second kappa shape index (κ2) is 8.38. The zero-order valence-electron chi connectivity index (χ0n) is 17.9. The summed E-state index contributed by atoms with van der Waals surface area (Å²) in [6.07, 6.45) is 3.37. The Labute approximate surface area is 186 Å². The third-order valence-corrected chi connectivity index (χ3v) is 7.17. The first kappa shape index (κ1) is 20.1. The van der Waals surface area contributed by atoms with Crippen molar-refractivity contribution in [2.45, 2.75) is 56.9 Å². The van der Waals surface area contributed by atoms with E-state index in [1.807, 2.05) is 18.2 Å². The standard InChI is InChI=1S/C24H27N5OS/c1-17-9-8-10-18(2)28(17)22(30)16-31-24-26-25-23-27(15-19-11-4-3-5-12-19)20-13-6-7-14-21(20)29(23)24/h3-7,11-14,17-18H,8-10,15-16H2,1-2H3/t17-,18-/m0/s1. The molecule has 31 heavy (non-hydrogen) atoms. The molecule has 2 aromatic carbocycles. The first-order valence-electron chi connectivity index (χ1n) is 10.9. The molecule has 0 unspecified atom stereocenters. The zero-order chi connectivity index (χ0) is 21.4. The molecule has 1 aliphatic heterocycles. The first-order chi connectivity index (χ1) is 15.1. The highest BCUT2D eigenvalue weighted by atomic mass is 32.2. The van der Waals surface area contributed by atoms with Gasteiger partial charge in [-0.1, -0.05) is 54.2 Å². The lowest BCUT2D eigenvalue weighted by atomic mass is 9.98. The molecule has 0 radical (unpaired) electrons. The number of piperidine rings is 1. The molecule has 1 saturated heterocycles. The molecule has 1 amide bonds. The second-order valence-electron chi connectivity index (χ2n) is 8.40. The van der Waals surface area contributed by atoms with E-state index in [0.29, 0.717) is 17.8 Å². The fourth-order valence-corrected chi connectivity index (χ4v) is 5.58. The van der Waals surface area contributed by atoms with E-state index in [4.69, 9.17) is 0 Å². The Morgan fingerprint density at radius 1 is 0.968 bits per heavy atom. The Bertz CT molecular complexity index is 1200. The minimum atomic E-state index is 0.189. The van der Waals surface area contributed by atoms with Gasteiger partial charge in [0.25, 0.3) is 0 Å². The van der Waals surface area contributed by atoms with Gasteiger partial charge in [0, 0.05) is 12.1 Å². The molecule has 1 aliphatic rings. The van der Waals surface area contributed by atoms with Crippen LogP contribution in [0.3, 0.4) is 0 Å². The highest BCUT2D eigenvalue weighted by Crippen LogP contribution is 2.28. The molecule has 3 heterocycles. The summed E-state index contributed by atoms with van der Waals surface area (Å²) in [4.78, 5) is 15.1. The smallest absolute Gasteiger partial charge is 0.237 e. The number of thioether (sulfide) groups is 1. The molecule has 7 heteroatoms. The summed E-state index contributed by atoms with van der Waals surface area (Å²) < 4.78 is 4.28. The Hall–Kier alpha value is -2.80. The van der Waals surface area contributed by atoms with Crippen LogP contribution in [-0.2, 0) is 11.3 Å². The highest BCUT2D eigenvalue weighted by Gasteiger charge is 2.29. The number of benzene rings is 2. The second-order valence-corrected chi connectivity index (χ2v) is 9.34. The van der Waals surface area contributed by atoms with Gasteiger partial charge in [-0.15, -0.1) is 10.2 Å². The van der Waals surface area contributed by atoms with Gasteiger partial charge in [0.05, 0.1) is 23.3 Å². The Morgan fingerprint density at radius 3 is 2.39 bits per heavy atom. The quantitative estimate of drug-likeness (QED) is 0.431. The number of fused-ring (bicyclic) bond motifs is 3. The van der Waals surface area contributed by atoms with Crippen molar-refractivity contribution in [1.29, 1.82) is 0 Å². The summed E-state index contributed by atoms with van der Waals surface area (Å²) in [5.74, 6) is 1.38. The summed E-state index contributed by atoms with van der Waals surface area (Å²) >= 11 is 1.48. The molecular formula is C24H27N5OS. The van der Waals surface area contributed by atoms with Crippen LogP contribution >= 0.6 is 11.8 Å². The normalized spacial score (nSPS) is 19.4. The highest BCUT2D eigenvalue weighted by molar-refractivity contribution is 7.99. The lowest BCUT2D eigenvalue weighted by molar-refractivity contribution is -0.134. The van der Waals surface area contributed by atoms with Gasteiger partial charge in [-0.3, -0.25) is 9.20 Å². The van der Waals surface area contributed by atoms with Crippen LogP contribution in [0.25, 0.3) is 16.8 Å². The third-order valence-electron chi connectivity index (χ3n) is 6.26. The number of hydrogen-bond acceptors (Lipinski definition) is 4. The minimum absolute atomic E-state index is 0.189. The van der Waals surface area contributed by atoms with Crippen LogP contribution < -0.4 is 0 Å². The molecule has 5 rings (SSSR count). The van der Waals surface area contributed by atoms with Crippen molar-refractivity contribution in [3.63, 3.8) is 0 Å². The number of imidazole rings is 1. The topological polar surface area (TPSA) is 55.4 Å². The van der Waals surface area contributed by atoms with Crippen molar-refractivity contribution in [3.05, 3.63) is 60.2 Å². The number of carbonyl (C=O) groups is 1. The molecule has 2 atom stereocenters. The van der Waals surface area contributed by atoms with E-state index in [-0.39, 0.29) is 5.91 Å². The van der Waals surface area contributed by atoms with Gasteiger partial charge >= 0.3 is 0 Å². The number of amides is 1. The molecule has 0 saturated carbocycles. The summed E-state index contributed by atoms with van der Waals surface area (Å²) in [6, 6.07) is 19.3. The number of rotatable bonds is 5. The van der Waals surface area contributed by atoms with Crippen LogP contribution in [0.15, 0.2) is 59.8 Å². The summed E-state index contributed by atoms with van der Waals surface area (Å²) in [7, 11) is 0. The molecule has 0 aliphatic carbocycles. The van der Waals surface area contributed by atoms with Crippen LogP contribution in [0.5, 0.6) is 0 Å². The average molecular weight is 434 g/mol. The van der Waals surface area contributed by atoms with Crippen LogP contribution in [0.2, 0.25) is 0 Å². The largest absolute Gasteiger partial charge is 0.337 e. The van der Waals surface area contributed by atoms with Crippen LogP contribution in [0, 0.1) is 0 Å². The molecular weight excluding hydrogens is 406 g/mol. The molecule has 2 aromatic heterocycles. The predicted molar refractivity (Wildman–Crippen MR) is 124 cm³/mol. The molecule has 0 spiro atoms. The van der Waals surface area contributed by atoms with Gasteiger partial charge in [0.1, 0.15) is 0 Å². The summed E-state index contributed by atoms with van der Waals surface area (Å²) in [5.41, 5.74) is 3.39. The van der Waals surface area contributed by atoms with Crippen molar-refractivity contribution < 1.29 is 4.79 Å². The summed E-state index contributed by atoms with van der Waals surface area (Å²) in [5, 5.41) is 9.72. The van der Waals surface area contributed by atoms with Gasteiger partial charge in [0.2, 0.25) is 11.7 Å². The number of carbonyl (C=O) groups excluding carboxylic acids is 1. The van der Waals surface area contributed by atoms with E-state index in [2.05, 4.69) is 74.3 Å². The maximum absolute atomic E-state index is 13.0. The van der Waals surface area contributed by atoms with Crippen molar-refractivity contribution >= 4 is 34.5 Å². The van der Waals surface area contributed by atoms with Gasteiger partial charge in [-0.2, -0.15) is 0 Å². The molecule has 6 nitrogen and oxygen atoms in total. The van der Waals surface area contributed by atoms with E-state index in [1.165, 1.54) is 23.7 Å². The molecule has 0 N–H and O–H groups in total. The Balaban J connectivity index is 1.45. The van der Waals surface area contributed by atoms with Gasteiger partial charge in [-0.05, 0) is 50.8 Å². The van der Waals surface area contributed by atoms with Crippen LogP contribution in [0.1, 0.15) is 38.7 Å². The van der Waals surface area contributed by atoms with E-state index in [9.17, 15) is 4.79 Å². The van der Waals surface area contributed by atoms with Gasteiger partial charge in [-0.25, -0.2) is 0 Å². The summed E-state index contributed by atoms with van der Waals surface area (Å²) in [6.45, 7) is 5.04. The molecule has 1 fully saturated rings. The Kier molecular flexibility index (Phi) is 5.44. The van der Waals surface area contributed by atoms with E-state index < -0.39 is 0 Å². The lowest BCUT2D eigenvalue weighted by Crippen LogP contribution is -2.48. The van der Waals surface area contributed by atoms with E-state index >= 15 is 0 Å². The monoisotopic (exact) mass is 433 g/mol. The van der Waals surface area contributed by atoms with Gasteiger partial charge < -0.3 is 9.47 Å². The Morgan fingerprint density at radius 2 is 1.65 bits per heavy atom. The zero-order valence-corrected chi connectivity index (χ0v) is 18.8. The van der Waals surface area contributed by atoms with Crippen LogP contribution in [-0.4, -0.2) is 47.8 Å². The van der Waals surface area contributed by atoms with Crippen molar-refractivity contribution in [2.24, 2.45) is 0 Å². The maximum Gasteiger partial charge on any atom is 0.237 e. The lowest BCUT2D eigenvalue weighted by Gasteiger charge is -2.39. The predicted octanol–water partition coefficient (Wildman–Crippen LogP) is 4.61. The van der Waals surface area contributed by atoms with Crippen molar-refractivity contribution in [1.82, 2.24) is 24.1 Å². The van der Waals surface area contributed by atoms with E-state index in [0.717, 1.165) is 41.4 Å². The number of likely N-dealkylation sites (tertiary alicyclic amines) is 1. The number of hydrogen-bond donors (Lipinski definition) is 0. The number of aromatic nitrogens is 4. The van der Waals surface area contributed by atoms with Gasteiger partial charge in [0.15, 0.2) is 5.16 Å². The average Bonchev–Trinajstić information content (AvgIpc) is 3.32. The first-order valence-corrected chi connectivity index (χ1v) is 11.9. The molecule has 4 aromatic rings. The maximum atomic E-state index is 13.0. The third kappa shape index (κ3) is 3.71. The molecule has 160 valence electrons. The van der Waals surface area contributed by atoms with E-state index in [1.54, 1.807) is 0 Å². The van der Waals surface area contributed by atoms with Crippen molar-refractivity contribution in [3.8, 4) is 0 Å². The molecule has 0 bridgehead atoms. The minimum Gasteiger partial charge on any atom is -0.337 e. The number of nitrogens with zero attached hydrogens (tertiary/aromatic N) is 5. The van der Waals surface area contributed by atoms with Crippen molar-refractivity contribution in [2.75, 3.05) is 5.75 Å². The van der Waals surface area contributed by atoms with Crippen LogP contribution in [0.4, 0.5) is 0 Å². The SMILES string of the molecule is C[C@H]1CCC[C@H](C)N1C(=O)CSc1nnc2n(Cc3ccccc3)c3ccccc3n12. The fraction of sp³-hybridized carbons (Fsp3) is 0.375. The number of para-hydroxylation sites is 2. The fourth-order valence-electron chi connectivity index (χ4n) is 4.77.